The van der Waals surface area contributed by atoms with Gasteiger partial charge >= 0.3 is 0 Å². The largest absolute Gasteiger partial charge is 0.396 e. The van der Waals surface area contributed by atoms with Crippen molar-refractivity contribution < 1.29 is 13.9 Å². The molecule has 0 bridgehead atoms. The highest BCUT2D eigenvalue weighted by Gasteiger charge is 2.35. The molecular weight excluding hydrogens is 198 g/mol. The van der Waals surface area contributed by atoms with Gasteiger partial charge in [0.25, 0.3) is 5.92 Å². The Morgan fingerprint density at radius 3 is 2.53 bits per heavy atom. The molecule has 0 heterocycles. The molecule has 0 saturated heterocycles. The molecule has 1 atom stereocenters. The first kappa shape index (κ1) is 14.6. The van der Waals surface area contributed by atoms with E-state index in [0.717, 1.165) is 6.42 Å². The Bertz CT molecular complexity index is 190. The monoisotopic (exact) mass is 220 g/mol. The minimum absolute atomic E-state index is 0.0368. The predicted octanol–water partition coefficient (Wildman–Crippen LogP) is 3.78. The minimum Gasteiger partial charge on any atom is -0.396 e. The number of halogens is 2. The molecular formula is C12H22F2O. The van der Waals surface area contributed by atoms with Crippen LogP contribution in [0.1, 0.15) is 46.0 Å². The van der Waals surface area contributed by atoms with Gasteiger partial charge in [-0.2, -0.15) is 0 Å². The molecule has 3 heteroatoms. The van der Waals surface area contributed by atoms with E-state index in [9.17, 15) is 8.78 Å². The molecule has 0 radical (unpaired) electrons. The third kappa shape index (κ3) is 5.88. The molecule has 1 unspecified atom stereocenters. The minimum atomic E-state index is -2.65. The highest BCUT2D eigenvalue weighted by molar-refractivity contribution is 4.99. The molecule has 0 saturated carbocycles. The molecule has 0 aliphatic rings. The lowest BCUT2D eigenvalue weighted by atomic mass is 9.92. The fourth-order valence-electron chi connectivity index (χ4n) is 1.57. The van der Waals surface area contributed by atoms with E-state index in [1.54, 1.807) is 6.92 Å². The van der Waals surface area contributed by atoms with Crippen LogP contribution in [0.15, 0.2) is 12.2 Å². The van der Waals surface area contributed by atoms with Crippen LogP contribution in [0, 0.1) is 5.92 Å². The molecule has 0 aromatic heterocycles. The van der Waals surface area contributed by atoms with Gasteiger partial charge in [-0.25, -0.2) is 8.78 Å². The average molecular weight is 220 g/mol. The number of aliphatic hydroxyl groups excluding tert-OH is 1. The Kier molecular flexibility index (Phi) is 6.73. The second kappa shape index (κ2) is 6.94. The van der Waals surface area contributed by atoms with Crippen molar-refractivity contribution in [1.82, 2.24) is 0 Å². The second-order valence-electron chi connectivity index (χ2n) is 4.20. The molecule has 0 rings (SSSR count). The smallest absolute Gasteiger partial charge is 0.254 e. The predicted molar refractivity (Wildman–Crippen MR) is 59.1 cm³/mol. The maximum atomic E-state index is 13.6. The van der Waals surface area contributed by atoms with Gasteiger partial charge in [0.15, 0.2) is 0 Å². The molecule has 15 heavy (non-hydrogen) atoms. The summed E-state index contributed by atoms with van der Waals surface area (Å²) in [6, 6.07) is 0. The van der Waals surface area contributed by atoms with E-state index in [-0.39, 0.29) is 13.0 Å². The Morgan fingerprint density at radius 1 is 1.47 bits per heavy atom. The van der Waals surface area contributed by atoms with Crippen molar-refractivity contribution in [2.45, 2.75) is 51.9 Å². The fraction of sp³-hybridized carbons (Fsp3) is 0.833. The first-order valence-corrected chi connectivity index (χ1v) is 5.59. The maximum Gasteiger partial charge on any atom is 0.254 e. The van der Waals surface area contributed by atoms with E-state index in [0.29, 0.717) is 24.8 Å². The number of aliphatic hydroxyl groups is 1. The number of hydrogen-bond donors (Lipinski definition) is 1. The molecule has 0 aliphatic heterocycles. The van der Waals surface area contributed by atoms with Crippen LogP contribution in [-0.4, -0.2) is 17.6 Å². The maximum absolute atomic E-state index is 13.6. The van der Waals surface area contributed by atoms with Gasteiger partial charge < -0.3 is 5.11 Å². The lowest BCUT2D eigenvalue weighted by Gasteiger charge is -2.24. The SMILES string of the molecule is C=C(CCCO)CC(F)(F)C(C)CCC. The quantitative estimate of drug-likeness (QED) is 0.617. The highest BCUT2D eigenvalue weighted by Crippen LogP contribution is 2.34. The van der Waals surface area contributed by atoms with Crippen LogP contribution in [0.3, 0.4) is 0 Å². The van der Waals surface area contributed by atoms with Gasteiger partial charge in [-0.05, 0) is 19.3 Å². The summed E-state index contributed by atoms with van der Waals surface area (Å²) in [4.78, 5) is 0. The summed E-state index contributed by atoms with van der Waals surface area (Å²) >= 11 is 0. The lowest BCUT2D eigenvalue weighted by molar-refractivity contribution is -0.0541. The summed E-state index contributed by atoms with van der Waals surface area (Å²) in [5.41, 5.74) is 0.539. The van der Waals surface area contributed by atoms with Crippen LogP contribution in [-0.2, 0) is 0 Å². The van der Waals surface area contributed by atoms with Crippen molar-refractivity contribution in [2.75, 3.05) is 6.61 Å². The van der Waals surface area contributed by atoms with Crippen LogP contribution in [0.25, 0.3) is 0 Å². The van der Waals surface area contributed by atoms with E-state index >= 15 is 0 Å². The Balaban J connectivity index is 4.05. The number of hydrogen-bond acceptors (Lipinski definition) is 1. The Hall–Kier alpha value is -0.440. The summed E-state index contributed by atoms with van der Waals surface area (Å²) in [7, 11) is 0. The van der Waals surface area contributed by atoms with Gasteiger partial charge in [-0.3, -0.25) is 0 Å². The number of alkyl halides is 2. The van der Waals surface area contributed by atoms with E-state index in [2.05, 4.69) is 6.58 Å². The van der Waals surface area contributed by atoms with Crippen molar-refractivity contribution in [3.8, 4) is 0 Å². The second-order valence-corrected chi connectivity index (χ2v) is 4.20. The van der Waals surface area contributed by atoms with Crippen LogP contribution >= 0.6 is 0 Å². The zero-order chi connectivity index (χ0) is 11.9. The van der Waals surface area contributed by atoms with Crippen molar-refractivity contribution in [1.29, 1.82) is 0 Å². The van der Waals surface area contributed by atoms with Crippen molar-refractivity contribution in [3.05, 3.63) is 12.2 Å². The molecule has 90 valence electrons. The summed E-state index contributed by atoms with van der Waals surface area (Å²) in [6.07, 6.45) is 2.09. The zero-order valence-electron chi connectivity index (χ0n) is 9.73. The normalized spacial score (nSPS) is 13.9. The fourth-order valence-corrected chi connectivity index (χ4v) is 1.57. The topological polar surface area (TPSA) is 20.2 Å². The Morgan fingerprint density at radius 2 is 2.07 bits per heavy atom. The summed E-state index contributed by atoms with van der Waals surface area (Å²) in [6.45, 7) is 7.16. The van der Waals surface area contributed by atoms with Gasteiger partial charge in [0, 0.05) is 18.9 Å². The van der Waals surface area contributed by atoms with Crippen molar-refractivity contribution in [2.24, 2.45) is 5.92 Å². The Labute approximate surface area is 91.2 Å². The number of rotatable bonds is 8. The van der Waals surface area contributed by atoms with Gasteiger partial charge in [0.1, 0.15) is 0 Å². The highest BCUT2D eigenvalue weighted by atomic mass is 19.3. The number of allylic oxidation sites excluding steroid dienone is 1. The van der Waals surface area contributed by atoms with Gasteiger partial charge in [-0.1, -0.05) is 32.4 Å². The molecule has 0 aromatic rings. The molecule has 0 aliphatic carbocycles. The van der Waals surface area contributed by atoms with Crippen LogP contribution in [0.5, 0.6) is 0 Å². The summed E-state index contributed by atoms with van der Waals surface area (Å²) in [5.74, 6) is -3.24. The molecule has 0 spiro atoms. The standard InChI is InChI=1S/C12H22F2O/c1-4-6-11(3)12(13,14)9-10(2)7-5-8-15/h11,15H,2,4-9H2,1,3H3. The first-order chi connectivity index (χ1) is 6.94. The zero-order valence-corrected chi connectivity index (χ0v) is 9.73. The lowest BCUT2D eigenvalue weighted by Crippen LogP contribution is -2.26. The van der Waals surface area contributed by atoms with E-state index in [4.69, 9.17) is 5.11 Å². The molecule has 1 N–H and O–H groups in total. The van der Waals surface area contributed by atoms with Crippen molar-refractivity contribution >= 4 is 0 Å². The van der Waals surface area contributed by atoms with Crippen LogP contribution in [0.4, 0.5) is 8.78 Å². The van der Waals surface area contributed by atoms with E-state index in [1.807, 2.05) is 6.92 Å². The van der Waals surface area contributed by atoms with Crippen molar-refractivity contribution in [3.63, 3.8) is 0 Å². The molecule has 0 amide bonds. The van der Waals surface area contributed by atoms with Crippen LogP contribution < -0.4 is 0 Å². The third-order valence-electron chi connectivity index (χ3n) is 2.62. The van der Waals surface area contributed by atoms with E-state index < -0.39 is 11.8 Å². The average Bonchev–Trinajstić information content (AvgIpc) is 2.14. The van der Waals surface area contributed by atoms with Gasteiger partial charge in [0.05, 0.1) is 0 Å². The molecule has 1 nitrogen and oxygen atoms in total. The van der Waals surface area contributed by atoms with E-state index in [1.165, 1.54) is 0 Å². The molecule has 0 fully saturated rings. The summed E-state index contributed by atoms with van der Waals surface area (Å²) in [5, 5.41) is 8.58. The van der Waals surface area contributed by atoms with Gasteiger partial charge in [-0.15, -0.1) is 0 Å². The first-order valence-electron chi connectivity index (χ1n) is 5.59. The van der Waals surface area contributed by atoms with Gasteiger partial charge in [0.2, 0.25) is 0 Å². The van der Waals surface area contributed by atoms with Crippen LogP contribution in [0.2, 0.25) is 0 Å². The third-order valence-corrected chi connectivity index (χ3v) is 2.62. The summed E-state index contributed by atoms with van der Waals surface area (Å²) < 4.78 is 27.1. The molecule has 0 aromatic carbocycles.